The Morgan fingerprint density at radius 2 is 1.86 bits per heavy atom. The highest BCUT2D eigenvalue weighted by Crippen LogP contribution is 2.67. The van der Waals surface area contributed by atoms with Gasteiger partial charge in [-0.3, -0.25) is 4.79 Å². The number of aliphatic hydroxyl groups is 1. The average Bonchev–Trinajstić information content (AvgIpc) is 3.29. The smallest absolute Gasteiger partial charge is 0.162 e. The molecule has 154 valence electrons. The maximum atomic E-state index is 13.1. The second kappa shape index (κ2) is 6.61. The van der Waals surface area contributed by atoms with E-state index in [1.165, 1.54) is 49.6 Å². The number of rotatable bonds is 3. The van der Waals surface area contributed by atoms with Crippen molar-refractivity contribution in [3.05, 3.63) is 6.33 Å². The van der Waals surface area contributed by atoms with E-state index in [0.29, 0.717) is 23.0 Å². The van der Waals surface area contributed by atoms with Crippen LogP contribution in [0.5, 0.6) is 0 Å². The van der Waals surface area contributed by atoms with Gasteiger partial charge in [0.05, 0.1) is 6.10 Å². The van der Waals surface area contributed by atoms with Crippen molar-refractivity contribution < 1.29 is 9.90 Å². The van der Waals surface area contributed by atoms with Crippen molar-refractivity contribution in [2.24, 2.45) is 40.4 Å². The summed E-state index contributed by atoms with van der Waals surface area (Å²) in [6, 6.07) is 0. The molecule has 1 N–H and O–H groups in total. The molecule has 6 nitrogen and oxygen atoms in total. The number of tetrazole rings is 1. The Balaban J connectivity index is 1.36. The summed E-state index contributed by atoms with van der Waals surface area (Å²) >= 11 is 0. The Hall–Kier alpha value is -1.30. The number of nitrogens with zero attached hydrogens (tertiary/aromatic N) is 4. The fourth-order valence-electron chi connectivity index (χ4n) is 8.27. The lowest BCUT2D eigenvalue weighted by molar-refractivity contribution is -0.140. The Morgan fingerprint density at radius 3 is 2.64 bits per heavy atom. The number of ketones is 1. The zero-order valence-electron chi connectivity index (χ0n) is 17.3. The molecule has 28 heavy (non-hydrogen) atoms. The average molecular weight is 387 g/mol. The summed E-state index contributed by atoms with van der Waals surface area (Å²) in [6.45, 7) is 5.19. The zero-order valence-corrected chi connectivity index (χ0v) is 17.3. The molecule has 0 aliphatic heterocycles. The van der Waals surface area contributed by atoms with E-state index in [-0.39, 0.29) is 24.0 Å². The lowest BCUT2D eigenvalue weighted by Gasteiger charge is -2.60. The van der Waals surface area contributed by atoms with Gasteiger partial charge >= 0.3 is 0 Å². The molecule has 2 unspecified atom stereocenters. The summed E-state index contributed by atoms with van der Waals surface area (Å²) in [7, 11) is 0. The molecule has 4 aliphatic rings. The molecular formula is C22H34N4O2. The fraction of sp³-hybridized carbons (Fsp3) is 0.909. The van der Waals surface area contributed by atoms with Crippen LogP contribution in [0.25, 0.3) is 0 Å². The van der Waals surface area contributed by atoms with Gasteiger partial charge in [-0.15, -0.1) is 10.2 Å². The largest absolute Gasteiger partial charge is 0.393 e. The van der Waals surface area contributed by atoms with E-state index in [1.807, 2.05) is 0 Å². The lowest BCUT2D eigenvalue weighted by atomic mass is 9.44. The van der Waals surface area contributed by atoms with Gasteiger partial charge in [-0.1, -0.05) is 13.8 Å². The molecule has 1 aromatic rings. The van der Waals surface area contributed by atoms with E-state index in [9.17, 15) is 9.90 Å². The van der Waals surface area contributed by atoms with Gasteiger partial charge in [0.25, 0.3) is 0 Å². The molecule has 0 bridgehead atoms. The summed E-state index contributed by atoms with van der Waals surface area (Å²) in [4.78, 5) is 14.5. The molecule has 5 rings (SSSR count). The van der Waals surface area contributed by atoms with Gasteiger partial charge in [-0.05, 0) is 97.5 Å². The van der Waals surface area contributed by atoms with E-state index >= 15 is 0 Å². The van der Waals surface area contributed by atoms with Gasteiger partial charge in [0.2, 0.25) is 0 Å². The molecule has 4 aliphatic carbocycles. The summed E-state index contributed by atoms with van der Waals surface area (Å²) < 4.78 is 0. The Kier molecular flexibility index (Phi) is 4.42. The van der Waals surface area contributed by atoms with Gasteiger partial charge in [0, 0.05) is 5.92 Å². The molecule has 4 fully saturated rings. The van der Waals surface area contributed by atoms with E-state index in [2.05, 4.69) is 29.3 Å². The topological polar surface area (TPSA) is 80.9 Å². The number of hydrogen-bond donors (Lipinski definition) is 1. The monoisotopic (exact) mass is 386 g/mol. The number of carbonyl (C=O) groups excluding carboxylic acids is 1. The van der Waals surface area contributed by atoms with Crippen LogP contribution < -0.4 is 0 Å². The number of fused-ring (bicyclic) bond motifs is 5. The summed E-state index contributed by atoms with van der Waals surface area (Å²) in [5, 5.41) is 21.9. The first kappa shape index (κ1) is 18.7. The van der Waals surface area contributed by atoms with Gasteiger partial charge in [-0.2, -0.15) is 4.80 Å². The molecule has 8 atom stereocenters. The summed E-state index contributed by atoms with van der Waals surface area (Å²) in [5.74, 6) is 3.35. The summed E-state index contributed by atoms with van der Waals surface area (Å²) in [6.07, 6.45) is 11.7. The fourth-order valence-corrected chi connectivity index (χ4v) is 8.27. The van der Waals surface area contributed by atoms with Crippen LogP contribution in [0.4, 0.5) is 0 Å². The second-order valence-electron chi connectivity index (χ2n) is 10.7. The third-order valence-corrected chi connectivity index (χ3v) is 9.72. The van der Waals surface area contributed by atoms with Crippen molar-refractivity contribution in [1.29, 1.82) is 0 Å². The standard InChI is InChI=1S/C22H34N4O2/c1-21-9-7-15(27)11-14(21)3-4-16-17-5-6-19(22(17,2)10-8-18(16)21)20(28)12-26-24-13-23-25-26/h13-19,27H,3-12H2,1-2H3/t14?,15?,16-,17-,18-,19+,21-,22-/m0/s1. The maximum Gasteiger partial charge on any atom is 0.162 e. The van der Waals surface area contributed by atoms with Crippen molar-refractivity contribution in [2.75, 3.05) is 0 Å². The SMILES string of the molecule is C[C@]12CC[C@H]3[C@@H](CCC4CC(O)CC[C@@]43C)[C@@H]1CC[C@@H]2C(=O)Cn1ncnn1. The molecule has 0 aromatic carbocycles. The predicted molar refractivity (Wildman–Crippen MR) is 104 cm³/mol. The normalized spacial score (nSPS) is 47.8. The highest BCUT2D eigenvalue weighted by molar-refractivity contribution is 5.81. The van der Waals surface area contributed by atoms with E-state index < -0.39 is 0 Å². The maximum absolute atomic E-state index is 13.1. The second-order valence-corrected chi connectivity index (χ2v) is 10.7. The minimum atomic E-state index is -0.0811. The van der Waals surface area contributed by atoms with Crippen molar-refractivity contribution in [3.8, 4) is 0 Å². The zero-order chi connectivity index (χ0) is 19.5. The molecule has 4 saturated carbocycles. The molecule has 0 saturated heterocycles. The Morgan fingerprint density at radius 1 is 1.07 bits per heavy atom. The lowest BCUT2D eigenvalue weighted by Crippen LogP contribution is -2.54. The first-order valence-corrected chi connectivity index (χ1v) is 11.3. The third kappa shape index (κ3) is 2.70. The molecular weight excluding hydrogens is 352 g/mol. The highest BCUT2D eigenvalue weighted by atomic mass is 16.3. The quantitative estimate of drug-likeness (QED) is 0.862. The van der Waals surface area contributed by atoms with Gasteiger partial charge in [0.15, 0.2) is 12.1 Å². The first-order valence-electron chi connectivity index (χ1n) is 11.3. The van der Waals surface area contributed by atoms with Crippen molar-refractivity contribution in [3.63, 3.8) is 0 Å². The Labute approximate surface area is 167 Å². The van der Waals surface area contributed by atoms with Crippen LogP contribution in [-0.4, -0.2) is 37.2 Å². The number of Topliss-reactive ketones (excluding diaryl/α,β-unsaturated/α-hetero) is 1. The van der Waals surface area contributed by atoms with Crippen LogP contribution in [0.15, 0.2) is 6.33 Å². The van der Waals surface area contributed by atoms with Crippen LogP contribution in [0.1, 0.15) is 71.6 Å². The molecule has 0 radical (unpaired) electrons. The van der Waals surface area contributed by atoms with Crippen LogP contribution in [0.3, 0.4) is 0 Å². The van der Waals surface area contributed by atoms with Crippen molar-refractivity contribution in [1.82, 2.24) is 20.2 Å². The van der Waals surface area contributed by atoms with E-state index in [0.717, 1.165) is 31.1 Å². The van der Waals surface area contributed by atoms with Crippen molar-refractivity contribution >= 4 is 5.78 Å². The minimum absolute atomic E-state index is 0.0811. The summed E-state index contributed by atoms with van der Waals surface area (Å²) in [5.41, 5.74) is 0.534. The van der Waals surface area contributed by atoms with Crippen molar-refractivity contribution in [2.45, 2.75) is 84.3 Å². The number of hydrogen-bond acceptors (Lipinski definition) is 5. The molecule has 1 heterocycles. The molecule has 6 heteroatoms. The van der Waals surface area contributed by atoms with Crippen LogP contribution >= 0.6 is 0 Å². The first-order chi connectivity index (χ1) is 13.4. The third-order valence-electron chi connectivity index (χ3n) is 9.72. The minimum Gasteiger partial charge on any atom is -0.393 e. The van der Waals surface area contributed by atoms with Crippen LogP contribution in [-0.2, 0) is 11.3 Å². The van der Waals surface area contributed by atoms with E-state index in [4.69, 9.17) is 0 Å². The van der Waals surface area contributed by atoms with Crippen LogP contribution in [0, 0.1) is 40.4 Å². The highest BCUT2D eigenvalue weighted by Gasteiger charge is 2.61. The Bertz CT molecular complexity index is 737. The number of carbonyl (C=O) groups is 1. The van der Waals surface area contributed by atoms with E-state index in [1.54, 1.807) is 0 Å². The van der Waals surface area contributed by atoms with Gasteiger partial charge in [0.1, 0.15) is 6.54 Å². The molecule has 0 spiro atoms. The van der Waals surface area contributed by atoms with Gasteiger partial charge in [-0.25, -0.2) is 0 Å². The number of aromatic nitrogens is 4. The van der Waals surface area contributed by atoms with Crippen LogP contribution in [0.2, 0.25) is 0 Å². The molecule has 0 amide bonds. The number of aliphatic hydroxyl groups excluding tert-OH is 1. The predicted octanol–water partition coefficient (Wildman–Crippen LogP) is 3.26. The molecule has 1 aromatic heterocycles. The van der Waals surface area contributed by atoms with Gasteiger partial charge < -0.3 is 5.11 Å².